The summed E-state index contributed by atoms with van der Waals surface area (Å²) in [6.07, 6.45) is -0.814. The maximum absolute atomic E-state index is 13.9. The summed E-state index contributed by atoms with van der Waals surface area (Å²) in [5.41, 5.74) is -1.65. The van der Waals surface area contributed by atoms with Crippen LogP contribution in [0.1, 0.15) is 32.8 Å². The number of ether oxygens (including phenoxy) is 1. The quantitative estimate of drug-likeness (QED) is 0.480. The standard InChI is InChI=1S/C15H19F4NO4S/c1-15(2,3)24-14(21)20-7-5-6-8-9(16)11(18)13(25(4,22)23)12(19)10(8)17/h5-7H2,1-4H3,(H,20,21). The highest BCUT2D eigenvalue weighted by atomic mass is 32.2. The van der Waals surface area contributed by atoms with Gasteiger partial charge in [-0.1, -0.05) is 0 Å². The summed E-state index contributed by atoms with van der Waals surface area (Å²) in [7, 11) is -4.48. The van der Waals surface area contributed by atoms with Crippen LogP contribution in [-0.4, -0.2) is 32.9 Å². The number of alkyl carbamates (subject to hydrolysis) is 1. The Morgan fingerprint density at radius 1 is 1.04 bits per heavy atom. The largest absolute Gasteiger partial charge is 0.444 e. The molecule has 0 unspecified atom stereocenters. The van der Waals surface area contributed by atoms with Crippen molar-refractivity contribution in [1.29, 1.82) is 0 Å². The van der Waals surface area contributed by atoms with E-state index in [1.165, 1.54) is 0 Å². The zero-order valence-electron chi connectivity index (χ0n) is 14.2. The van der Waals surface area contributed by atoms with Gasteiger partial charge in [0.1, 0.15) is 10.5 Å². The van der Waals surface area contributed by atoms with Crippen LogP contribution in [0.4, 0.5) is 22.4 Å². The van der Waals surface area contributed by atoms with E-state index in [-0.39, 0.29) is 13.0 Å². The van der Waals surface area contributed by atoms with Crippen molar-refractivity contribution in [3.05, 3.63) is 28.8 Å². The van der Waals surface area contributed by atoms with Gasteiger partial charge in [0.25, 0.3) is 0 Å². The van der Waals surface area contributed by atoms with Gasteiger partial charge in [-0.2, -0.15) is 0 Å². The molecule has 0 aliphatic heterocycles. The van der Waals surface area contributed by atoms with Crippen LogP contribution in [0.2, 0.25) is 0 Å². The summed E-state index contributed by atoms with van der Waals surface area (Å²) in [6.45, 7) is 4.87. The molecule has 0 aliphatic rings. The number of benzene rings is 1. The SMILES string of the molecule is CC(C)(C)OC(=O)NCCCc1c(F)c(F)c(S(C)(=O)=O)c(F)c1F. The highest BCUT2D eigenvalue weighted by Gasteiger charge is 2.30. The van der Waals surface area contributed by atoms with E-state index in [2.05, 4.69) is 5.32 Å². The van der Waals surface area contributed by atoms with Crippen LogP contribution in [0.15, 0.2) is 4.90 Å². The maximum atomic E-state index is 13.9. The van der Waals surface area contributed by atoms with E-state index >= 15 is 0 Å². The molecule has 1 rings (SSSR count). The van der Waals surface area contributed by atoms with Crippen molar-refractivity contribution in [3.8, 4) is 0 Å². The molecule has 5 nitrogen and oxygen atoms in total. The van der Waals surface area contributed by atoms with Gasteiger partial charge in [-0.05, 0) is 33.6 Å². The highest BCUT2D eigenvalue weighted by Crippen LogP contribution is 2.28. The Morgan fingerprint density at radius 3 is 1.92 bits per heavy atom. The molecular weight excluding hydrogens is 366 g/mol. The molecule has 0 spiro atoms. The van der Waals surface area contributed by atoms with Gasteiger partial charge in [0, 0.05) is 18.4 Å². The van der Waals surface area contributed by atoms with Crippen molar-refractivity contribution >= 4 is 15.9 Å². The second-order valence-electron chi connectivity index (χ2n) is 6.37. The zero-order valence-corrected chi connectivity index (χ0v) is 15.0. The zero-order chi connectivity index (χ0) is 19.6. The molecule has 1 aromatic carbocycles. The van der Waals surface area contributed by atoms with E-state index < -0.39 is 61.7 Å². The van der Waals surface area contributed by atoms with Crippen molar-refractivity contribution in [2.45, 2.75) is 44.1 Å². The summed E-state index contributed by atoms with van der Waals surface area (Å²) >= 11 is 0. The van der Waals surface area contributed by atoms with Crippen LogP contribution in [0.3, 0.4) is 0 Å². The molecule has 0 bridgehead atoms. The van der Waals surface area contributed by atoms with Crippen LogP contribution >= 0.6 is 0 Å². The van der Waals surface area contributed by atoms with Gasteiger partial charge in [0.2, 0.25) is 0 Å². The van der Waals surface area contributed by atoms with E-state index in [1.807, 2.05) is 0 Å². The topological polar surface area (TPSA) is 72.5 Å². The summed E-state index contributed by atoms with van der Waals surface area (Å²) in [4.78, 5) is 9.76. The molecule has 0 saturated carbocycles. The van der Waals surface area contributed by atoms with Crippen LogP contribution in [-0.2, 0) is 21.0 Å². The summed E-state index contributed by atoms with van der Waals surface area (Å²) < 4.78 is 82.8. The third-order valence-electron chi connectivity index (χ3n) is 2.96. The predicted molar refractivity (Wildman–Crippen MR) is 81.9 cm³/mol. The third kappa shape index (κ3) is 5.58. The molecule has 10 heteroatoms. The van der Waals surface area contributed by atoms with Gasteiger partial charge in [-0.15, -0.1) is 0 Å². The first-order chi connectivity index (χ1) is 11.3. The van der Waals surface area contributed by atoms with E-state index in [0.29, 0.717) is 6.26 Å². The lowest BCUT2D eigenvalue weighted by Gasteiger charge is -2.19. The first kappa shape index (κ1) is 21.2. The molecule has 0 atom stereocenters. The number of carbonyl (C=O) groups is 1. The van der Waals surface area contributed by atoms with Crippen LogP contribution in [0, 0.1) is 23.3 Å². The highest BCUT2D eigenvalue weighted by molar-refractivity contribution is 7.90. The van der Waals surface area contributed by atoms with Crippen LogP contribution < -0.4 is 5.32 Å². The molecule has 0 fully saturated rings. The average molecular weight is 385 g/mol. The minimum absolute atomic E-state index is 0.0514. The van der Waals surface area contributed by atoms with E-state index in [0.717, 1.165) is 0 Å². The Bertz CT molecular complexity index is 744. The number of amides is 1. The van der Waals surface area contributed by atoms with E-state index in [1.54, 1.807) is 20.8 Å². The first-order valence-corrected chi connectivity index (χ1v) is 9.16. The monoisotopic (exact) mass is 385 g/mol. The number of nitrogens with one attached hydrogen (secondary N) is 1. The number of carbonyl (C=O) groups excluding carboxylic acids is 1. The van der Waals surface area contributed by atoms with Crippen molar-refractivity contribution < 1.29 is 35.5 Å². The molecule has 0 heterocycles. The summed E-state index contributed by atoms with van der Waals surface area (Å²) in [5, 5.41) is 2.32. The van der Waals surface area contributed by atoms with E-state index in [9.17, 15) is 30.8 Å². The molecule has 1 aromatic rings. The first-order valence-electron chi connectivity index (χ1n) is 7.27. The lowest BCUT2D eigenvalue weighted by atomic mass is 10.1. The second-order valence-corrected chi connectivity index (χ2v) is 8.32. The average Bonchev–Trinajstić information content (AvgIpc) is 2.41. The van der Waals surface area contributed by atoms with Gasteiger partial charge in [0.15, 0.2) is 33.1 Å². The van der Waals surface area contributed by atoms with Gasteiger partial charge < -0.3 is 10.1 Å². The molecule has 0 saturated heterocycles. The van der Waals surface area contributed by atoms with Crippen molar-refractivity contribution in [2.24, 2.45) is 0 Å². The lowest BCUT2D eigenvalue weighted by molar-refractivity contribution is 0.0527. The Hall–Kier alpha value is -1.84. The predicted octanol–water partition coefficient (Wildman–Crippen LogP) is 3.10. The minimum Gasteiger partial charge on any atom is -0.444 e. The smallest absolute Gasteiger partial charge is 0.407 e. The van der Waals surface area contributed by atoms with E-state index in [4.69, 9.17) is 4.74 Å². The summed E-state index contributed by atoms with van der Waals surface area (Å²) in [5.74, 6) is -7.46. The van der Waals surface area contributed by atoms with Crippen molar-refractivity contribution in [1.82, 2.24) is 5.32 Å². The number of sulfone groups is 1. The fourth-order valence-corrected chi connectivity index (χ4v) is 2.80. The van der Waals surface area contributed by atoms with Gasteiger partial charge in [0.05, 0.1) is 0 Å². The molecule has 25 heavy (non-hydrogen) atoms. The van der Waals surface area contributed by atoms with Crippen LogP contribution in [0.25, 0.3) is 0 Å². The normalized spacial score (nSPS) is 12.2. The van der Waals surface area contributed by atoms with Gasteiger partial charge in [-0.3, -0.25) is 0 Å². The molecule has 1 amide bonds. The fraction of sp³-hybridized carbons (Fsp3) is 0.533. The fourth-order valence-electron chi connectivity index (χ4n) is 1.97. The molecule has 0 aromatic heterocycles. The Balaban J connectivity index is 2.87. The van der Waals surface area contributed by atoms with Crippen LogP contribution in [0.5, 0.6) is 0 Å². The third-order valence-corrected chi connectivity index (χ3v) is 4.06. The Kier molecular flexibility index (Phi) is 6.44. The van der Waals surface area contributed by atoms with Gasteiger partial charge in [-0.25, -0.2) is 30.8 Å². The molecule has 142 valence electrons. The Labute approximate surface area is 143 Å². The molecule has 0 radical (unpaired) electrons. The van der Waals surface area contributed by atoms with Gasteiger partial charge >= 0.3 is 6.09 Å². The molecule has 1 N–H and O–H groups in total. The van der Waals surface area contributed by atoms with Crippen molar-refractivity contribution in [3.63, 3.8) is 0 Å². The second kappa shape index (κ2) is 7.59. The number of rotatable bonds is 5. The number of hydrogen-bond acceptors (Lipinski definition) is 4. The molecule has 0 aliphatic carbocycles. The molecular formula is C15H19F4NO4S. The number of hydrogen-bond donors (Lipinski definition) is 1. The summed E-state index contributed by atoms with van der Waals surface area (Å²) in [6, 6.07) is 0. The lowest BCUT2D eigenvalue weighted by Crippen LogP contribution is -2.33. The maximum Gasteiger partial charge on any atom is 0.407 e. The number of halogens is 4. The minimum atomic E-state index is -4.48. The Morgan fingerprint density at radius 2 is 1.52 bits per heavy atom. The van der Waals surface area contributed by atoms with Crippen molar-refractivity contribution in [2.75, 3.05) is 12.8 Å².